The highest BCUT2D eigenvalue weighted by Gasteiger charge is 2.21. The Balaban J connectivity index is 1.93. The fourth-order valence-corrected chi connectivity index (χ4v) is 2.54. The largest absolute Gasteiger partial charge is 0.357 e. The minimum Gasteiger partial charge on any atom is -0.357 e. The van der Waals surface area contributed by atoms with E-state index in [2.05, 4.69) is 15.2 Å². The number of carbonyl (C=O) groups excluding carboxylic acids is 2. The van der Waals surface area contributed by atoms with E-state index >= 15 is 0 Å². The van der Waals surface area contributed by atoms with Crippen molar-refractivity contribution < 1.29 is 9.59 Å². The van der Waals surface area contributed by atoms with Crippen LogP contribution < -0.4 is 10.2 Å². The van der Waals surface area contributed by atoms with Gasteiger partial charge in [-0.3, -0.25) is 9.59 Å². The summed E-state index contributed by atoms with van der Waals surface area (Å²) in [7, 11) is 0. The monoisotopic (exact) mass is 317 g/mol. The number of amides is 1. The molecule has 5 heteroatoms. The Labute approximate surface area is 138 Å². The third-order valence-electron chi connectivity index (χ3n) is 4.19. The molecule has 2 heterocycles. The van der Waals surface area contributed by atoms with Gasteiger partial charge in [-0.05, 0) is 25.0 Å². The third kappa shape index (κ3) is 5.05. The van der Waals surface area contributed by atoms with Crippen LogP contribution in [-0.4, -0.2) is 36.3 Å². The fraction of sp³-hybridized carbons (Fsp3) is 0.611. The molecule has 0 radical (unpaired) electrons. The Morgan fingerprint density at radius 1 is 1.13 bits per heavy atom. The van der Waals surface area contributed by atoms with Crippen molar-refractivity contribution in [1.82, 2.24) is 10.3 Å². The fourth-order valence-electron chi connectivity index (χ4n) is 2.54. The molecule has 0 aliphatic carbocycles. The van der Waals surface area contributed by atoms with Crippen molar-refractivity contribution in [2.45, 2.75) is 46.5 Å². The van der Waals surface area contributed by atoms with Crippen LogP contribution in [0.25, 0.3) is 0 Å². The van der Waals surface area contributed by atoms with Gasteiger partial charge in [0.05, 0.1) is 12.1 Å². The van der Waals surface area contributed by atoms with E-state index in [-0.39, 0.29) is 18.2 Å². The number of nitrogens with zero attached hydrogens (tertiary/aromatic N) is 2. The van der Waals surface area contributed by atoms with Crippen LogP contribution in [0.15, 0.2) is 18.3 Å². The summed E-state index contributed by atoms with van der Waals surface area (Å²) in [5.41, 5.74) is 0.0487. The highest BCUT2D eigenvalue weighted by atomic mass is 16.2. The quantitative estimate of drug-likeness (QED) is 0.927. The van der Waals surface area contributed by atoms with Crippen LogP contribution in [0.4, 0.5) is 5.82 Å². The Bertz CT molecular complexity index is 538. The second kappa shape index (κ2) is 7.57. The lowest BCUT2D eigenvalue weighted by Gasteiger charge is -2.21. The molecule has 1 aromatic rings. The van der Waals surface area contributed by atoms with Crippen molar-refractivity contribution >= 4 is 17.5 Å². The molecule has 5 nitrogen and oxygen atoms in total. The lowest BCUT2D eigenvalue weighted by atomic mass is 9.91. The zero-order chi connectivity index (χ0) is 16.9. The van der Waals surface area contributed by atoms with Gasteiger partial charge in [-0.1, -0.05) is 33.6 Å². The van der Waals surface area contributed by atoms with E-state index in [9.17, 15) is 9.59 Å². The number of aromatic nitrogens is 1. The highest BCUT2D eigenvalue weighted by molar-refractivity contribution is 5.97. The molecule has 0 spiro atoms. The van der Waals surface area contributed by atoms with Gasteiger partial charge in [0, 0.05) is 24.7 Å². The molecule has 1 aliphatic rings. The second-order valence-corrected chi connectivity index (χ2v) is 7.16. The smallest absolute Gasteiger partial charge is 0.253 e. The van der Waals surface area contributed by atoms with Crippen LogP contribution in [0, 0.1) is 5.41 Å². The first-order valence-electron chi connectivity index (χ1n) is 8.40. The summed E-state index contributed by atoms with van der Waals surface area (Å²) in [6, 6.07) is 3.68. The number of hydrogen-bond donors (Lipinski definition) is 1. The summed E-state index contributed by atoms with van der Waals surface area (Å²) in [6.45, 7) is 7.64. The van der Waals surface area contributed by atoms with Crippen LogP contribution >= 0.6 is 0 Å². The molecule has 1 aromatic heterocycles. The summed E-state index contributed by atoms with van der Waals surface area (Å²) in [5, 5.41) is 2.67. The molecule has 0 bridgehead atoms. The molecule has 1 N–H and O–H groups in total. The maximum Gasteiger partial charge on any atom is 0.253 e. The van der Waals surface area contributed by atoms with Gasteiger partial charge in [-0.15, -0.1) is 0 Å². The summed E-state index contributed by atoms with van der Waals surface area (Å²) < 4.78 is 0. The number of anilines is 1. The summed E-state index contributed by atoms with van der Waals surface area (Å²) in [5.74, 6) is 0.687. The Morgan fingerprint density at radius 3 is 2.30 bits per heavy atom. The Morgan fingerprint density at radius 2 is 1.78 bits per heavy atom. The van der Waals surface area contributed by atoms with Crippen LogP contribution in [0.2, 0.25) is 0 Å². The van der Waals surface area contributed by atoms with Gasteiger partial charge in [-0.25, -0.2) is 4.98 Å². The maximum absolute atomic E-state index is 12.1. The molecule has 1 amide bonds. The normalized spacial score (nSPS) is 15.9. The van der Waals surface area contributed by atoms with Gasteiger partial charge in [0.1, 0.15) is 5.82 Å². The topological polar surface area (TPSA) is 62.3 Å². The zero-order valence-electron chi connectivity index (χ0n) is 14.4. The Kier molecular flexibility index (Phi) is 5.74. The lowest BCUT2D eigenvalue weighted by Crippen LogP contribution is -2.35. The molecule has 1 saturated heterocycles. The molecule has 0 aromatic carbocycles. The van der Waals surface area contributed by atoms with Crippen LogP contribution in [0.3, 0.4) is 0 Å². The minimum atomic E-state index is -0.442. The molecule has 23 heavy (non-hydrogen) atoms. The van der Waals surface area contributed by atoms with E-state index in [4.69, 9.17) is 0 Å². The van der Waals surface area contributed by atoms with Gasteiger partial charge in [0.25, 0.3) is 5.91 Å². The molecule has 126 valence electrons. The lowest BCUT2D eigenvalue weighted by molar-refractivity contribution is -0.125. The number of pyridine rings is 1. The second-order valence-electron chi connectivity index (χ2n) is 7.16. The zero-order valence-corrected chi connectivity index (χ0v) is 14.4. The van der Waals surface area contributed by atoms with Crippen LogP contribution in [-0.2, 0) is 4.79 Å². The molecular formula is C18H27N3O2. The van der Waals surface area contributed by atoms with E-state index in [1.165, 1.54) is 25.7 Å². The standard InChI is InChI=1S/C18H27N3O2/c1-18(2,3)15(22)13-20-17(23)14-8-9-16(19-12-14)21-10-6-4-5-7-11-21/h8-9,12H,4-7,10-11,13H2,1-3H3,(H,20,23). The minimum absolute atomic E-state index is 0.0139. The van der Waals surface area contributed by atoms with Crippen molar-refractivity contribution in [3.63, 3.8) is 0 Å². The van der Waals surface area contributed by atoms with E-state index < -0.39 is 5.41 Å². The number of rotatable bonds is 4. The van der Waals surface area contributed by atoms with Gasteiger partial charge in [-0.2, -0.15) is 0 Å². The molecule has 0 unspecified atom stereocenters. The van der Waals surface area contributed by atoms with Gasteiger partial charge in [0.2, 0.25) is 0 Å². The summed E-state index contributed by atoms with van der Waals surface area (Å²) >= 11 is 0. The average Bonchev–Trinajstić information content (AvgIpc) is 2.80. The number of carbonyl (C=O) groups is 2. The molecule has 0 atom stereocenters. The Hall–Kier alpha value is -1.91. The highest BCUT2D eigenvalue weighted by Crippen LogP contribution is 2.17. The van der Waals surface area contributed by atoms with E-state index in [0.717, 1.165) is 18.9 Å². The van der Waals surface area contributed by atoms with E-state index in [0.29, 0.717) is 5.56 Å². The molecular weight excluding hydrogens is 290 g/mol. The first-order chi connectivity index (χ1) is 10.9. The van der Waals surface area contributed by atoms with Crippen molar-refractivity contribution in [3.8, 4) is 0 Å². The van der Waals surface area contributed by atoms with Crippen molar-refractivity contribution in [2.24, 2.45) is 5.41 Å². The summed E-state index contributed by atoms with van der Waals surface area (Å²) in [4.78, 5) is 30.7. The van der Waals surface area contributed by atoms with Crippen molar-refractivity contribution in [1.29, 1.82) is 0 Å². The van der Waals surface area contributed by atoms with Crippen LogP contribution in [0.5, 0.6) is 0 Å². The number of nitrogens with one attached hydrogen (secondary N) is 1. The SMILES string of the molecule is CC(C)(C)C(=O)CNC(=O)c1ccc(N2CCCCCC2)nc1. The molecule has 1 aliphatic heterocycles. The van der Waals surface area contributed by atoms with E-state index in [1.54, 1.807) is 12.3 Å². The van der Waals surface area contributed by atoms with E-state index in [1.807, 2.05) is 26.8 Å². The molecule has 2 rings (SSSR count). The van der Waals surface area contributed by atoms with Crippen LogP contribution in [0.1, 0.15) is 56.8 Å². The number of hydrogen-bond acceptors (Lipinski definition) is 4. The molecule has 1 fully saturated rings. The van der Waals surface area contributed by atoms with Crippen molar-refractivity contribution in [3.05, 3.63) is 23.9 Å². The maximum atomic E-state index is 12.1. The first-order valence-corrected chi connectivity index (χ1v) is 8.40. The predicted molar refractivity (Wildman–Crippen MR) is 91.7 cm³/mol. The molecule has 0 saturated carbocycles. The summed E-state index contributed by atoms with van der Waals surface area (Å²) in [6.07, 6.45) is 6.53. The van der Waals surface area contributed by atoms with Gasteiger partial charge < -0.3 is 10.2 Å². The van der Waals surface area contributed by atoms with Gasteiger partial charge >= 0.3 is 0 Å². The number of Topliss-reactive ketones (excluding diaryl/α,β-unsaturated/α-hetero) is 1. The first kappa shape index (κ1) is 17.4. The number of ketones is 1. The predicted octanol–water partition coefficient (Wildman–Crippen LogP) is 2.81. The average molecular weight is 317 g/mol. The van der Waals surface area contributed by atoms with Crippen molar-refractivity contribution in [2.75, 3.05) is 24.5 Å². The van der Waals surface area contributed by atoms with Gasteiger partial charge in [0.15, 0.2) is 5.78 Å². The third-order valence-corrected chi connectivity index (χ3v) is 4.19.